The van der Waals surface area contributed by atoms with Gasteiger partial charge in [-0.05, 0) is 102 Å². The number of rotatable bonds is 58. The predicted octanol–water partition coefficient (Wildman–Crippen LogP) is 20.2. The number of likely N-dealkylation sites (N-methyl/N-ethyl adjacent to an activating group) is 1. The van der Waals surface area contributed by atoms with Crippen molar-refractivity contribution in [2.24, 2.45) is 0 Å². The lowest BCUT2D eigenvalue weighted by Crippen LogP contribution is -2.47. The van der Waals surface area contributed by atoms with Crippen molar-refractivity contribution in [1.82, 2.24) is 5.32 Å². The zero-order valence-electron chi connectivity index (χ0n) is 51.6. The first-order valence-corrected chi connectivity index (χ1v) is 33.9. The van der Waals surface area contributed by atoms with Gasteiger partial charge in [0.05, 0.1) is 33.8 Å². The van der Waals surface area contributed by atoms with E-state index in [0.29, 0.717) is 17.4 Å². The highest BCUT2D eigenvalue weighted by Gasteiger charge is 2.30. The summed E-state index contributed by atoms with van der Waals surface area (Å²) in [7, 11) is 1.48. The number of esters is 1. The van der Waals surface area contributed by atoms with Gasteiger partial charge in [0.25, 0.3) is 0 Å². The molecular weight excluding hydrogens is 988 g/mol. The standard InChI is InChI=1S/C68H123N2O7P/c1-7-10-13-16-19-22-25-27-29-30-31-32-33-34-35-36-37-38-39-40-41-43-46-49-52-55-58-61-68(72)77-66(59-56-53-50-47-44-24-21-18-15-12-9-3)65(64-76-78(73,74)75-63-62-70(4,5)6)69-67(71)60-57-54-51-48-45-42-28-26-23-20-17-14-11-8-2/h11,14,19-20,22-23,27,29,31-32,34-35,56,59,65-66H,7-10,12-13,15-18,21,24-26,28,30,33,36-55,57-58,60-64H2,1-6H3,(H-,69,71,73,74)/p+1/b14-11+,22-19-,23-20+,29-27-,32-31-,35-34-,59-56-. The second-order valence-electron chi connectivity index (χ2n) is 22.9. The highest BCUT2D eigenvalue weighted by Crippen LogP contribution is 2.43. The molecule has 0 bridgehead atoms. The van der Waals surface area contributed by atoms with Crippen LogP contribution in [0.25, 0.3) is 0 Å². The minimum absolute atomic E-state index is 0.0353. The minimum atomic E-state index is -4.45. The quantitative estimate of drug-likeness (QED) is 0.0205. The summed E-state index contributed by atoms with van der Waals surface area (Å²) in [6.45, 7) is 6.87. The van der Waals surface area contributed by atoms with Crippen LogP contribution in [0.5, 0.6) is 0 Å². The molecular formula is C68H124N2O7P+. The van der Waals surface area contributed by atoms with Crippen LogP contribution in [0.2, 0.25) is 0 Å². The van der Waals surface area contributed by atoms with Crippen LogP contribution in [-0.4, -0.2) is 74.3 Å². The summed E-state index contributed by atoms with van der Waals surface area (Å²) in [4.78, 5) is 37.7. The molecule has 0 aromatic carbocycles. The van der Waals surface area contributed by atoms with Crippen molar-refractivity contribution in [3.63, 3.8) is 0 Å². The predicted molar refractivity (Wildman–Crippen MR) is 337 cm³/mol. The molecule has 0 aliphatic carbocycles. The van der Waals surface area contributed by atoms with Gasteiger partial charge in [0, 0.05) is 12.8 Å². The molecule has 452 valence electrons. The van der Waals surface area contributed by atoms with Crippen LogP contribution in [0.1, 0.15) is 284 Å². The van der Waals surface area contributed by atoms with Crippen molar-refractivity contribution >= 4 is 19.7 Å². The molecule has 0 radical (unpaired) electrons. The molecule has 2 N–H and O–H groups in total. The Kier molecular flexibility index (Phi) is 55.4. The lowest BCUT2D eigenvalue weighted by molar-refractivity contribution is -0.870. The summed E-state index contributed by atoms with van der Waals surface area (Å²) < 4.78 is 30.7. The number of phosphoric ester groups is 1. The summed E-state index contributed by atoms with van der Waals surface area (Å²) in [5.41, 5.74) is 0. The first-order valence-electron chi connectivity index (χ1n) is 32.4. The average Bonchev–Trinajstić information content (AvgIpc) is 3.40. The van der Waals surface area contributed by atoms with Gasteiger partial charge in [-0.2, -0.15) is 0 Å². The molecule has 0 rings (SSSR count). The van der Waals surface area contributed by atoms with E-state index in [1.54, 1.807) is 0 Å². The summed E-state index contributed by atoms with van der Waals surface area (Å²) in [6, 6.07) is -0.856. The molecule has 0 aromatic heterocycles. The van der Waals surface area contributed by atoms with Crippen molar-refractivity contribution in [2.75, 3.05) is 40.9 Å². The van der Waals surface area contributed by atoms with E-state index < -0.39 is 20.0 Å². The van der Waals surface area contributed by atoms with E-state index >= 15 is 0 Å². The van der Waals surface area contributed by atoms with E-state index in [2.05, 4.69) is 99.0 Å². The summed E-state index contributed by atoms with van der Waals surface area (Å²) in [5, 5.41) is 3.05. The molecule has 9 nitrogen and oxygen atoms in total. The number of quaternary nitrogens is 1. The lowest BCUT2D eigenvalue weighted by atomic mass is 10.0. The highest BCUT2D eigenvalue weighted by molar-refractivity contribution is 7.47. The fourth-order valence-electron chi connectivity index (χ4n) is 9.08. The topological polar surface area (TPSA) is 111 Å². The number of nitrogens with one attached hydrogen (secondary N) is 1. The van der Waals surface area contributed by atoms with Gasteiger partial charge < -0.3 is 19.4 Å². The van der Waals surface area contributed by atoms with Crippen molar-refractivity contribution in [3.05, 3.63) is 85.1 Å². The first kappa shape index (κ1) is 75.2. The maximum atomic E-state index is 13.5. The number of amides is 1. The highest BCUT2D eigenvalue weighted by atomic mass is 31.2. The molecule has 0 heterocycles. The molecule has 0 saturated carbocycles. The number of carbonyl (C=O) groups excluding carboxylic acids is 2. The Bertz CT molecular complexity index is 1610. The summed E-state index contributed by atoms with van der Waals surface area (Å²) in [5.74, 6) is -0.518. The molecule has 0 aromatic rings. The third kappa shape index (κ3) is 57.9. The molecule has 0 fully saturated rings. The van der Waals surface area contributed by atoms with E-state index in [4.69, 9.17) is 13.8 Å². The number of allylic oxidation sites excluding steroid dienone is 13. The van der Waals surface area contributed by atoms with Crippen molar-refractivity contribution < 1.29 is 37.3 Å². The average molecular weight is 1110 g/mol. The van der Waals surface area contributed by atoms with Crippen LogP contribution in [0.3, 0.4) is 0 Å². The van der Waals surface area contributed by atoms with Crippen LogP contribution in [0, 0.1) is 0 Å². The number of ether oxygens (including phenoxy) is 1. The fraction of sp³-hybridized carbons (Fsp3) is 0.765. The zero-order chi connectivity index (χ0) is 57.2. The number of nitrogens with zero attached hydrogens (tertiary/aromatic N) is 1. The fourth-order valence-corrected chi connectivity index (χ4v) is 9.82. The summed E-state index contributed by atoms with van der Waals surface area (Å²) in [6.07, 6.45) is 75.9. The molecule has 3 unspecified atom stereocenters. The second kappa shape index (κ2) is 57.4. The number of phosphoric acid groups is 1. The van der Waals surface area contributed by atoms with Crippen molar-refractivity contribution in [1.29, 1.82) is 0 Å². The Balaban J connectivity index is 5.05. The van der Waals surface area contributed by atoms with Gasteiger partial charge >= 0.3 is 13.8 Å². The van der Waals surface area contributed by atoms with Crippen LogP contribution in [0.4, 0.5) is 0 Å². The third-order valence-corrected chi connectivity index (χ3v) is 15.1. The van der Waals surface area contributed by atoms with E-state index in [0.717, 1.165) is 103 Å². The van der Waals surface area contributed by atoms with Crippen LogP contribution >= 0.6 is 7.82 Å². The van der Waals surface area contributed by atoms with Gasteiger partial charge in [-0.1, -0.05) is 254 Å². The Morgan fingerprint density at radius 2 is 0.821 bits per heavy atom. The molecule has 10 heteroatoms. The maximum Gasteiger partial charge on any atom is 0.472 e. The van der Waals surface area contributed by atoms with E-state index in [1.165, 1.54) is 148 Å². The third-order valence-electron chi connectivity index (χ3n) is 14.1. The maximum absolute atomic E-state index is 13.5. The molecule has 0 aliphatic heterocycles. The number of hydrogen-bond donors (Lipinski definition) is 2. The number of hydrogen-bond acceptors (Lipinski definition) is 6. The molecule has 3 atom stereocenters. The van der Waals surface area contributed by atoms with E-state index in [1.807, 2.05) is 33.3 Å². The van der Waals surface area contributed by atoms with Crippen molar-refractivity contribution in [3.8, 4) is 0 Å². The zero-order valence-corrected chi connectivity index (χ0v) is 52.5. The van der Waals surface area contributed by atoms with Gasteiger partial charge in [0.2, 0.25) is 5.91 Å². The first-order chi connectivity index (χ1) is 37.9. The Hall–Kier alpha value is -2.81. The normalized spacial score (nSPS) is 14.2. The van der Waals surface area contributed by atoms with Crippen LogP contribution < -0.4 is 5.32 Å². The molecule has 0 saturated heterocycles. The number of unbranched alkanes of at least 4 members (excludes halogenated alkanes) is 30. The van der Waals surface area contributed by atoms with Gasteiger partial charge in [-0.15, -0.1) is 0 Å². The summed E-state index contributed by atoms with van der Waals surface area (Å²) >= 11 is 0. The van der Waals surface area contributed by atoms with Gasteiger partial charge in [0.1, 0.15) is 19.3 Å². The van der Waals surface area contributed by atoms with Crippen LogP contribution in [-0.2, 0) is 27.9 Å². The Morgan fingerprint density at radius 3 is 1.26 bits per heavy atom. The van der Waals surface area contributed by atoms with Gasteiger partial charge in [-0.25, -0.2) is 4.57 Å². The Morgan fingerprint density at radius 1 is 0.462 bits per heavy atom. The van der Waals surface area contributed by atoms with E-state index in [9.17, 15) is 19.0 Å². The molecule has 1 amide bonds. The van der Waals surface area contributed by atoms with Gasteiger partial charge in [0.15, 0.2) is 0 Å². The minimum Gasteiger partial charge on any atom is -0.456 e. The SMILES string of the molecule is CC/C=C/C/C=C/CCCCCCCCCC(=O)NC(COP(=O)(O)OCC[N+](C)(C)C)C(/C=C\CCCCCCCCCCC)OC(=O)CCCCCCCCCCCCC/C=C\C/C=C\C/C=C\C/C=C\CCCCC. The van der Waals surface area contributed by atoms with E-state index in [-0.39, 0.29) is 31.5 Å². The Labute approximate surface area is 482 Å². The monoisotopic (exact) mass is 1110 g/mol. The molecule has 78 heavy (non-hydrogen) atoms. The number of carbonyl (C=O) groups is 2. The second-order valence-corrected chi connectivity index (χ2v) is 24.4. The largest absolute Gasteiger partial charge is 0.472 e. The smallest absolute Gasteiger partial charge is 0.456 e. The molecule has 0 aliphatic rings. The molecule has 0 spiro atoms. The lowest BCUT2D eigenvalue weighted by Gasteiger charge is -2.27. The van der Waals surface area contributed by atoms with Crippen molar-refractivity contribution in [2.45, 2.75) is 296 Å². The van der Waals surface area contributed by atoms with Crippen LogP contribution in [0.15, 0.2) is 85.1 Å². The van der Waals surface area contributed by atoms with Gasteiger partial charge in [-0.3, -0.25) is 18.6 Å².